The molecule has 55 valence electrons. The van der Waals surface area contributed by atoms with Gasteiger partial charge in [0.05, 0.1) is 5.69 Å². The zero-order valence-electron chi connectivity index (χ0n) is 6.34. The van der Waals surface area contributed by atoms with Crippen molar-refractivity contribution in [3.8, 4) is 0 Å². The molecular formula is C7H10NO2. The maximum Gasteiger partial charge on any atom is 0.139 e. The normalized spacial score (nSPS) is 13.6. The summed E-state index contributed by atoms with van der Waals surface area (Å²) in [4.78, 5) is 0. The highest BCUT2D eigenvalue weighted by molar-refractivity contribution is 5.22. The molecule has 1 heterocycles. The molecule has 1 unspecified atom stereocenters. The Balaban J connectivity index is 3.10. The lowest BCUT2D eigenvalue weighted by Gasteiger charge is -1.97. The molecule has 0 aliphatic heterocycles. The zero-order valence-corrected chi connectivity index (χ0v) is 6.34. The van der Waals surface area contributed by atoms with Crippen molar-refractivity contribution < 1.29 is 9.63 Å². The minimum Gasteiger partial charge on any atom is -0.361 e. The van der Waals surface area contributed by atoms with Crippen LogP contribution in [0.4, 0.5) is 0 Å². The summed E-state index contributed by atoms with van der Waals surface area (Å²) in [6.45, 7) is 5.12. The lowest BCUT2D eigenvalue weighted by Crippen LogP contribution is -1.91. The third-order valence-electron chi connectivity index (χ3n) is 1.50. The van der Waals surface area contributed by atoms with Gasteiger partial charge in [-0.15, -0.1) is 0 Å². The first kappa shape index (κ1) is 7.28. The zero-order chi connectivity index (χ0) is 7.72. The number of nitrogens with zero attached hydrogens (tertiary/aromatic N) is 1. The lowest BCUT2D eigenvalue weighted by molar-refractivity contribution is 0.104. The molecule has 0 fully saturated rings. The fourth-order valence-corrected chi connectivity index (χ4v) is 1.07. The average Bonchev–Trinajstić information content (AvgIpc) is 2.11. The van der Waals surface area contributed by atoms with E-state index in [0.29, 0.717) is 17.0 Å². The lowest BCUT2D eigenvalue weighted by atomic mass is 10.1. The fourth-order valence-electron chi connectivity index (χ4n) is 1.07. The Bertz CT molecular complexity index is 208. The van der Waals surface area contributed by atoms with Gasteiger partial charge in [-0.25, -0.2) is 5.11 Å². The van der Waals surface area contributed by atoms with E-state index in [1.807, 2.05) is 0 Å². The summed E-state index contributed by atoms with van der Waals surface area (Å²) < 4.78 is 4.81. The van der Waals surface area contributed by atoms with Crippen LogP contribution in [0, 0.1) is 13.8 Å². The minimum absolute atomic E-state index is 0.639. The number of aromatic nitrogens is 1. The van der Waals surface area contributed by atoms with Gasteiger partial charge in [0.15, 0.2) is 0 Å². The molecule has 0 aliphatic carbocycles. The highest BCUT2D eigenvalue weighted by atomic mass is 16.5. The summed E-state index contributed by atoms with van der Waals surface area (Å²) >= 11 is 0. The standard InChI is InChI=1S/C7H10NO2/c1-4-7(5(2)9)6(3)10-8-4/h5H,1-3H3. The predicted octanol–water partition coefficient (Wildman–Crippen LogP) is 1.78. The van der Waals surface area contributed by atoms with Crippen LogP contribution in [0.2, 0.25) is 0 Å². The van der Waals surface area contributed by atoms with Crippen molar-refractivity contribution in [3.05, 3.63) is 17.0 Å². The third-order valence-corrected chi connectivity index (χ3v) is 1.50. The molecule has 3 nitrogen and oxygen atoms in total. The molecule has 1 aromatic rings. The van der Waals surface area contributed by atoms with Gasteiger partial charge in [0.25, 0.3) is 0 Å². The largest absolute Gasteiger partial charge is 0.361 e. The molecule has 1 atom stereocenters. The Morgan fingerprint density at radius 3 is 2.30 bits per heavy atom. The van der Waals surface area contributed by atoms with Crippen LogP contribution >= 0.6 is 0 Å². The van der Waals surface area contributed by atoms with E-state index in [-0.39, 0.29) is 0 Å². The first-order chi connectivity index (χ1) is 4.63. The van der Waals surface area contributed by atoms with E-state index in [1.54, 1.807) is 20.8 Å². The Morgan fingerprint density at radius 2 is 2.10 bits per heavy atom. The molecule has 10 heavy (non-hydrogen) atoms. The molecule has 0 saturated heterocycles. The second kappa shape index (κ2) is 2.42. The van der Waals surface area contributed by atoms with E-state index in [2.05, 4.69) is 5.16 Å². The van der Waals surface area contributed by atoms with Crippen molar-refractivity contribution in [1.82, 2.24) is 5.16 Å². The van der Waals surface area contributed by atoms with Crippen molar-refractivity contribution in [2.24, 2.45) is 0 Å². The summed E-state index contributed by atoms with van der Waals surface area (Å²) in [6, 6.07) is 0. The van der Waals surface area contributed by atoms with E-state index in [9.17, 15) is 5.11 Å². The highest BCUT2D eigenvalue weighted by Crippen LogP contribution is 2.20. The van der Waals surface area contributed by atoms with Crippen molar-refractivity contribution in [2.75, 3.05) is 0 Å². The van der Waals surface area contributed by atoms with Crippen LogP contribution < -0.4 is 0 Å². The van der Waals surface area contributed by atoms with Crippen molar-refractivity contribution >= 4 is 0 Å². The third kappa shape index (κ3) is 1.04. The maximum absolute atomic E-state index is 10.9. The van der Waals surface area contributed by atoms with Crippen LogP contribution in [0.1, 0.15) is 30.0 Å². The molecule has 1 rings (SSSR count). The quantitative estimate of drug-likeness (QED) is 0.596. The fraction of sp³-hybridized carbons (Fsp3) is 0.571. The molecule has 0 aliphatic rings. The molecular weight excluding hydrogens is 130 g/mol. The molecule has 3 heteroatoms. The molecule has 0 bridgehead atoms. The highest BCUT2D eigenvalue weighted by Gasteiger charge is 2.14. The smallest absolute Gasteiger partial charge is 0.139 e. The Kier molecular flexibility index (Phi) is 1.76. The van der Waals surface area contributed by atoms with Gasteiger partial charge in [0.1, 0.15) is 11.9 Å². The second-order valence-electron chi connectivity index (χ2n) is 2.38. The van der Waals surface area contributed by atoms with Crippen LogP contribution in [0.3, 0.4) is 0 Å². The van der Waals surface area contributed by atoms with Gasteiger partial charge >= 0.3 is 0 Å². The summed E-state index contributed by atoms with van der Waals surface area (Å²) in [5.41, 5.74) is 1.40. The molecule has 0 aromatic carbocycles. The molecule has 1 aromatic heterocycles. The SMILES string of the molecule is Cc1noc(C)c1C(C)[O]. The molecule has 0 N–H and O–H groups in total. The number of aryl methyl sites for hydroxylation is 2. The minimum atomic E-state index is -0.730. The predicted molar refractivity (Wildman–Crippen MR) is 35.1 cm³/mol. The van der Waals surface area contributed by atoms with Crippen molar-refractivity contribution in [1.29, 1.82) is 0 Å². The van der Waals surface area contributed by atoms with Crippen LogP contribution in [-0.2, 0) is 5.11 Å². The van der Waals surface area contributed by atoms with Gasteiger partial charge < -0.3 is 4.52 Å². The van der Waals surface area contributed by atoms with Crippen LogP contribution in [-0.4, -0.2) is 5.16 Å². The second-order valence-corrected chi connectivity index (χ2v) is 2.38. The van der Waals surface area contributed by atoms with Crippen LogP contribution in [0.5, 0.6) is 0 Å². The van der Waals surface area contributed by atoms with E-state index in [0.717, 1.165) is 0 Å². The number of hydrogen-bond donors (Lipinski definition) is 0. The topological polar surface area (TPSA) is 45.9 Å². The van der Waals surface area contributed by atoms with Gasteiger partial charge in [0, 0.05) is 5.56 Å². The van der Waals surface area contributed by atoms with Gasteiger partial charge in [-0.05, 0) is 20.8 Å². The maximum atomic E-state index is 10.9. The molecule has 0 amide bonds. The summed E-state index contributed by atoms with van der Waals surface area (Å²) in [6.07, 6.45) is -0.730. The summed E-state index contributed by atoms with van der Waals surface area (Å²) in [5, 5.41) is 14.6. The Hall–Kier alpha value is -0.830. The number of hydrogen-bond acceptors (Lipinski definition) is 2. The van der Waals surface area contributed by atoms with E-state index >= 15 is 0 Å². The summed E-state index contributed by atoms with van der Waals surface area (Å²) in [7, 11) is 0. The average molecular weight is 140 g/mol. The molecule has 0 spiro atoms. The molecule has 0 saturated carbocycles. The van der Waals surface area contributed by atoms with E-state index in [1.165, 1.54) is 0 Å². The Morgan fingerprint density at radius 1 is 1.50 bits per heavy atom. The van der Waals surface area contributed by atoms with Gasteiger partial charge in [-0.2, -0.15) is 0 Å². The first-order valence-corrected chi connectivity index (χ1v) is 3.21. The van der Waals surface area contributed by atoms with Crippen LogP contribution in [0.25, 0.3) is 0 Å². The number of rotatable bonds is 1. The van der Waals surface area contributed by atoms with Gasteiger partial charge in [-0.1, -0.05) is 5.16 Å². The van der Waals surface area contributed by atoms with Gasteiger partial charge in [0.2, 0.25) is 0 Å². The summed E-state index contributed by atoms with van der Waals surface area (Å²) in [5.74, 6) is 0.639. The van der Waals surface area contributed by atoms with Crippen molar-refractivity contribution in [3.63, 3.8) is 0 Å². The molecule has 1 radical (unpaired) electrons. The van der Waals surface area contributed by atoms with E-state index in [4.69, 9.17) is 4.52 Å². The monoisotopic (exact) mass is 140 g/mol. The first-order valence-electron chi connectivity index (χ1n) is 3.21. The van der Waals surface area contributed by atoms with Crippen LogP contribution in [0.15, 0.2) is 4.52 Å². The van der Waals surface area contributed by atoms with Crippen molar-refractivity contribution in [2.45, 2.75) is 26.9 Å². The Labute approximate surface area is 59.7 Å². The van der Waals surface area contributed by atoms with E-state index < -0.39 is 6.10 Å². The van der Waals surface area contributed by atoms with Gasteiger partial charge in [-0.3, -0.25) is 0 Å².